The summed E-state index contributed by atoms with van der Waals surface area (Å²) in [6, 6.07) is 8.89. The quantitative estimate of drug-likeness (QED) is 0.289. The third-order valence-electron chi connectivity index (χ3n) is 4.83. The van der Waals surface area contributed by atoms with Crippen molar-refractivity contribution in [2.45, 2.75) is 33.1 Å². The summed E-state index contributed by atoms with van der Waals surface area (Å²) in [7, 11) is 0. The van der Waals surface area contributed by atoms with Crippen molar-refractivity contribution < 1.29 is 19.4 Å². The first-order valence-electron chi connectivity index (χ1n) is 10.9. The predicted molar refractivity (Wildman–Crippen MR) is 135 cm³/mol. The Kier molecular flexibility index (Phi) is 8.59. The first-order chi connectivity index (χ1) is 16.4. The molecule has 0 radical (unpaired) electrons. The number of aliphatic carboxylic acids is 1. The molecular formula is C25H26BrN3O5. The standard InChI is InChI=1S/C25H26BrN3O5/c1-4-7-17-11-16(12-21(33-6-3)24(17)34-15-23(30)31)14-27-29-22(8-5-2)28-20-10-9-18(26)13-19(20)25(29)32/h4,9-14H,1,5-8,15H2,2-3H3,(H,30,31). The number of benzene rings is 2. The number of ether oxygens (including phenoxy) is 2. The number of halogens is 1. The second-order valence-electron chi connectivity index (χ2n) is 7.42. The summed E-state index contributed by atoms with van der Waals surface area (Å²) < 4.78 is 13.3. The molecule has 0 fully saturated rings. The van der Waals surface area contributed by atoms with E-state index in [-0.39, 0.29) is 5.56 Å². The van der Waals surface area contributed by atoms with Crippen molar-refractivity contribution in [1.82, 2.24) is 9.66 Å². The minimum atomic E-state index is -1.09. The smallest absolute Gasteiger partial charge is 0.341 e. The van der Waals surface area contributed by atoms with Gasteiger partial charge in [-0.2, -0.15) is 9.78 Å². The third kappa shape index (κ3) is 5.91. The zero-order valence-electron chi connectivity index (χ0n) is 19.1. The normalized spacial score (nSPS) is 11.1. The van der Waals surface area contributed by atoms with E-state index in [4.69, 9.17) is 14.6 Å². The van der Waals surface area contributed by atoms with Crippen LogP contribution in [0.4, 0.5) is 0 Å². The van der Waals surface area contributed by atoms with Crippen LogP contribution >= 0.6 is 15.9 Å². The highest BCUT2D eigenvalue weighted by molar-refractivity contribution is 9.10. The second-order valence-corrected chi connectivity index (χ2v) is 8.33. The molecule has 3 rings (SSSR count). The Morgan fingerprint density at radius 1 is 1.26 bits per heavy atom. The van der Waals surface area contributed by atoms with Gasteiger partial charge in [0.1, 0.15) is 5.82 Å². The summed E-state index contributed by atoms with van der Waals surface area (Å²) in [6.45, 7) is 7.47. The SMILES string of the molecule is C=CCc1cc(C=Nn2c(CCC)nc3ccc(Br)cc3c2=O)cc(OCC)c1OCC(=O)O. The Labute approximate surface area is 205 Å². The molecule has 8 nitrogen and oxygen atoms in total. The molecule has 2 aromatic carbocycles. The van der Waals surface area contributed by atoms with Crippen LogP contribution in [0.2, 0.25) is 0 Å². The van der Waals surface area contributed by atoms with E-state index in [1.165, 1.54) is 4.68 Å². The topological polar surface area (TPSA) is 103 Å². The molecule has 0 aliphatic rings. The average Bonchev–Trinajstić information content (AvgIpc) is 2.79. The van der Waals surface area contributed by atoms with Crippen molar-refractivity contribution in [3.63, 3.8) is 0 Å². The van der Waals surface area contributed by atoms with Crippen molar-refractivity contribution in [3.8, 4) is 11.5 Å². The highest BCUT2D eigenvalue weighted by Crippen LogP contribution is 2.33. The van der Waals surface area contributed by atoms with Gasteiger partial charge in [-0.15, -0.1) is 6.58 Å². The number of rotatable bonds is 11. The van der Waals surface area contributed by atoms with Gasteiger partial charge in [0.05, 0.1) is 23.7 Å². The summed E-state index contributed by atoms with van der Waals surface area (Å²) in [5.41, 5.74) is 1.72. The van der Waals surface area contributed by atoms with Crippen LogP contribution in [0, 0.1) is 0 Å². The van der Waals surface area contributed by atoms with Crippen LogP contribution in [0.5, 0.6) is 11.5 Å². The number of aryl methyl sites for hydroxylation is 1. The summed E-state index contributed by atoms with van der Waals surface area (Å²) in [4.78, 5) is 28.9. The fourth-order valence-corrected chi connectivity index (χ4v) is 3.81. The van der Waals surface area contributed by atoms with Gasteiger partial charge in [0.15, 0.2) is 18.1 Å². The number of hydrogen-bond donors (Lipinski definition) is 1. The highest BCUT2D eigenvalue weighted by Gasteiger charge is 2.15. The molecule has 0 aliphatic carbocycles. The molecule has 1 N–H and O–H groups in total. The molecule has 178 valence electrons. The van der Waals surface area contributed by atoms with E-state index in [9.17, 15) is 9.59 Å². The Bertz CT molecular complexity index is 1300. The Morgan fingerprint density at radius 3 is 2.74 bits per heavy atom. The van der Waals surface area contributed by atoms with E-state index < -0.39 is 12.6 Å². The maximum atomic E-state index is 13.2. The van der Waals surface area contributed by atoms with E-state index >= 15 is 0 Å². The van der Waals surface area contributed by atoms with Crippen molar-refractivity contribution in [1.29, 1.82) is 0 Å². The van der Waals surface area contributed by atoms with Gasteiger partial charge in [0.25, 0.3) is 5.56 Å². The number of allylic oxidation sites excluding steroid dienone is 1. The van der Waals surface area contributed by atoms with Crippen LogP contribution < -0.4 is 15.0 Å². The Hall–Kier alpha value is -3.46. The number of nitrogens with zero attached hydrogens (tertiary/aromatic N) is 3. The Morgan fingerprint density at radius 2 is 2.06 bits per heavy atom. The van der Waals surface area contributed by atoms with Crippen molar-refractivity contribution in [2.24, 2.45) is 5.10 Å². The molecule has 0 bridgehead atoms. The van der Waals surface area contributed by atoms with Crippen LogP contribution in [0.1, 0.15) is 37.2 Å². The molecule has 0 amide bonds. The average molecular weight is 528 g/mol. The van der Waals surface area contributed by atoms with E-state index in [0.717, 1.165) is 10.9 Å². The first kappa shape index (κ1) is 25.2. The minimum Gasteiger partial charge on any atom is -0.490 e. The predicted octanol–water partition coefficient (Wildman–Crippen LogP) is 4.58. The monoisotopic (exact) mass is 527 g/mol. The number of carboxylic acids is 1. The zero-order chi connectivity index (χ0) is 24.7. The van der Waals surface area contributed by atoms with E-state index in [1.54, 1.807) is 36.6 Å². The van der Waals surface area contributed by atoms with Gasteiger partial charge in [-0.3, -0.25) is 4.79 Å². The molecule has 34 heavy (non-hydrogen) atoms. The van der Waals surface area contributed by atoms with Gasteiger partial charge < -0.3 is 14.6 Å². The van der Waals surface area contributed by atoms with Gasteiger partial charge in [-0.25, -0.2) is 9.78 Å². The first-order valence-corrected chi connectivity index (χ1v) is 11.7. The fraction of sp³-hybridized carbons (Fsp3) is 0.280. The maximum absolute atomic E-state index is 13.2. The van der Waals surface area contributed by atoms with Crippen LogP contribution in [0.15, 0.2) is 57.4 Å². The Balaban J connectivity index is 2.11. The van der Waals surface area contributed by atoms with E-state index in [1.807, 2.05) is 19.9 Å². The number of fused-ring (bicyclic) bond motifs is 1. The molecule has 3 aromatic rings. The third-order valence-corrected chi connectivity index (χ3v) is 5.32. The molecule has 0 spiro atoms. The van der Waals surface area contributed by atoms with E-state index in [0.29, 0.717) is 58.8 Å². The van der Waals surface area contributed by atoms with Gasteiger partial charge >= 0.3 is 5.97 Å². The van der Waals surface area contributed by atoms with Crippen LogP contribution in [-0.2, 0) is 17.6 Å². The van der Waals surface area contributed by atoms with Crippen LogP contribution in [-0.4, -0.2) is 40.2 Å². The molecule has 0 atom stereocenters. The van der Waals surface area contributed by atoms with E-state index in [2.05, 4.69) is 32.6 Å². The molecule has 1 heterocycles. The minimum absolute atomic E-state index is 0.260. The van der Waals surface area contributed by atoms with Gasteiger partial charge in [0.2, 0.25) is 0 Å². The fourth-order valence-electron chi connectivity index (χ4n) is 3.45. The number of hydrogen-bond acceptors (Lipinski definition) is 6. The lowest BCUT2D eigenvalue weighted by Crippen LogP contribution is -2.22. The van der Waals surface area contributed by atoms with Gasteiger partial charge in [-0.1, -0.05) is 28.9 Å². The molecular weight excluding hydrogens is 502 g/mol. The molecule has 0 unspecified atom stereocenters. The zero-order valence-corrected chi connectivity index (χ0v) is 20.7. The van der Waals surface area contributed by atoms with Crippen LogP contribution in [0.25, 0.3) is 10.9 Å². The van der Waals surface area contributed by atoms with Gasteiger partial charge in [-0.05, 0) is 55.7 Å². The molecule has 9 heteroatoms. The molecule has 1 aromatic heterocycles. The number of aromatic nitrogens is 2. The van der Waals surface area contributed by atoms with Gasteiger partial charge in [0, 0.05) is 16.5 Å². The molecule has 0 saturated carbocycles. The lowest BCUT2D eigenvalue weighted by molar-refractivity contribution is -0.139. The van der Waals surface area contributed by atoms with Crippen LogP contribution in [0.3, 0.4) is 0 Å². The number of carbonyl (C=O) groups is 1. The lowest BCUT2D eigenvalue weighted by Gasteiger charge is -2.15. The molecule has 0 aliphatic heterocycles. The summed E-state index contributed by atoms with van der Waals surface area (Å²) in [5, 5.41) is 14.0. The largest absolute Gasteiger partial charge is 0.490 e. The summed E-state index contributed by atoms with van der Waals surface area (Å²) in [5.74, 6) is 0.223. The second kappa shape index (κ2) is 11.6. The maximum Gasteiger partial charge on any atom is 0.341 e. The van der Waals surface area contributed by atoms with Crippen molar-refractivity contribution in [2.75, 3.05) is 13.2 Å². The van der Waals surface area contributed by atoms with Crippen molar-refractivity contribution in [3.05, 3.63) is 74.8 Å². The summed E-state index contributed by atoms with van der Waals surface area (Å²) in [6.07, 6.45) is 5.07. The lowest BCUT2D eigenvalue weighted by atomic mass is 10.1. The summed E-state index contributed by atoms with van der Waals surface area (Å²) >= 11 is 3.40. The number of carboxylic acid groups (broad SMARTS) is 1. The van der Waals surface area contributed by atoms with Crippen molar-refractivity contribution >= 4 is 39.0 Å². The molecule has 0 saturated heterocycles. The highest BCUT2D eigenvalue weighted by atomic mass is 79.9.